The molecule has 0 aliphatic rings. The first kappa shape index (κ1) is 18.5. The molecule has 27 heavy (non-hydrogen) atoms. The number of anilines is 1. The van der Waals surface area contributed by atoms with Crippen LogP contribution < -0.4 is 10.1 Å². The zero-order chi connectivity index (χ0) is 19.6. The maximum absolute atomic E-state index is 12.5. The van der Waals surface area contributed by atoms with Gasteiger partial charge in [-0.05, 0) is 56.7 Å². The summed E-state index contributed by atoms with van der Waals surface area (Å²) in [7, 11) is 0. The molecule has 0 saturated heterocycles. The van der Waals surface area contributed by atoms with Crippen LogP contribution in [0.3, 0.4) is 0 Å². The van der Waals surface area contributed by atoms with Crippen LogP contribution in [0.2, 0.25) is 0 Å². The van der Waals surface area contributed by atoms with Gasteiger partial charge in [0.25, 0.3) is 5.91 Å². The van der Waals surface area contributed by atoms with Crippen molar-refractivity contribution in [2.24, 2.45) is 0 Å². The number of amides is 1. The number of halogens is 2. The van der Waals surface area contributed by atoms with E-state index in [2.05, 4.69) is 20.3 Å². The minimum atomic E-state index is -2.90. The van der Waals surface area contributed by atoms with E-state index < -0.39 is 12.5 Å². The third-order valence-corrected chi connectivity index (χ3v) is 3.90. The number of nitrogens with one attached hydrogen (secondary N) is 1. The van der Waals surface area contributed by atoms with Crippen molar-refractivity contribution in [2.75, 3.05) is 5.32 Å². The summed E-state index contributed by atoms with van der Waals surface area (Å²) >= 11 is 0. The first-order valence-electron chi connectivity index (χ1n) is 8.21. The number of alkyl halides is 2. The van der Waals surface area contributed by atoms with Crippen LogP contribution in [0.15, 0.2) is 42.5 Å². The van der Waals surface area contributed by atoms with Gasteiger partial charge in [-0.25, -0.2) is 0 Å². The molecule has 0 bridgehead atoms. The molecule has 0 unspecified atom stereocenters. The van der Waals surface area contributed by atoms with E-state index in [4.69, 9.17) is 0 Å². The van der Waals surface area contributed by atoms with E-state index in [1.165, 1.54) is 29.1 Å². The predicted molar refractivity (Wildman–Crippen MR) is 96.6 cm³/mol. The molecule has 140 valence electrons. The summed E-state index contributed by atoms with van der Waals surface area (Å²) in [4.78, 5) is 13.9. The molecule has 1 N–H and O–H groups in total. The van der Waals surface area contributed by atoms with Gasteiger partial charge in [0.1, 0.15) is 5.75 Å². The lowest BCUT2D eigenvalue weighted by Crippen LogP contribution is -2.14. The van der Waals surface area contributed by atoms with Crippen molar-refractivity contribution in [3.8, 4) is 11.4 Å². The molecule has 6 nitrogen and oxygen atoms in total. The van der Waals surface area contributed by atoms with E-state index in [0.717, 1.165) is 16.8 Å². The van der Waals surface area contributed by atoms with Gasteiger partial charge in [0.2, 0.25) is 0 Å². The van der Waals surface area contributed by atoms with Gasteiger partial charge in [-0.15, -0.1) is 5.10 Å². The van der Waals surface area contributed by atoms with Gasteiger partial charge < -0.3 is 10.1 Å². The second-order valence-corrected chi connectivity index (χ2v) is 6.07. The summed E-state index contributed by atoms with van der Waals surface area (Å²) in [5, 5.41) is 11.3. The molecular formula is C19H18F2N4O2. The highest BCUT2D eigenvalue weighted by molar-refractivity contribution is 6.03. The average Bonchev–Trinajstić information content (AvgIpc) is 2.98. The van der Waals surface area contributed by atoms with Crippen molar-refractivity contribution in [3.63, 3.8) is 0 Å². The Morgan fingerprint density at radius 3 is 2.41 bits per heavy atom. The van der Waals surface area contributed by atoms with Crippen molar-refractivity contribution in [3.05, 3.63) is 65.0 Å². The number of carbonyl (C=O) groups excluding carboxylic acids is 1. The van der Waals surface area contributed by atoms with E-state index in [0.29, 0.717) is 11.4 Å². The minimum Gasteiger partial charge on any atom is -0.435 e. The largest absolute Gasteiger partial charge is 0.435 e. The van der Waals surface area contributed by atoms with Crippen LogP contribution in [-0.4, -0.2) is 27.5 Å². The van der Waals surface area contributed by atoms with Crippen LogP contribution in [0, 0.1) is 20.8 Å². The maximum atomic E-state index is 12.5. The van der Waals surface area contributed by atoms with E-state index in [1.54, 1.807) is 6.92 Å². The number of rotatable bonds is 5. The molecule has 0 aliphatic carbocycles. The molecule has 1 heterocycles. The summed E-state index contributed by atoms with van der Waals surface area (Å²) in [5.41, 5.74) is 4.00. The molecule has 0 radical (unpaired) electrons. The summed E-state index contributed by atoms with van der Waals surface area (Å²) in [6.45, 7) is 2.74. The van der Waals surface area contributed by atoms with E-state index in [1.807, 2.05) is 32.0 Å². The Bertz CT molecular complexity index is 968. The molecular weight excluding hydrogens is 354 g/mol. The third-order valence-electron chi connectivity index (χ3n) is 3.90. The summed E-state index contributed by atoms with van der Waals surface area (Å²) in [6.07, 6.45) is 0. The van der Waals surface area contributed by atoms with Gasteiger partial charge in [0, 0.05) is 5.69 Å². The lowest BCUT2D eigenvalue weighted by molar-refractivity contribution is -0.0498. The van der Waals surface area contributed by atoms with Crippen LogP contribution in [0.4, 0.5) is 14.5 Å². The molecule has 3 aromatic rings. The monoisotopic (exact) mass is 372 g/mol. The summed E-state index contributed by atoms with van der Waals surface area (Å²) in [5.74, 6) is -0.425. The summed E-state index contributed by atoms with van der Waals surface area (Å²) < 4.78 is 28.6. The predicted octanol–water partition coefficient (Wildman–Crippen LogP) is 4.05. The molecule has 1 amide bonds. The zero-order valence-electron chi connectivity index (χ0n) is 15.0. The second-order valence-electron chi connectivity index (χ2n) is 6.07. The average molecular weight is 372 g/mol. The first-order chi connectivity index (χ1) is 12.8. The van der Waals surface area contributed by atoms with Crippen LogP contribution in [0.25, 0.3) is 5.69 Å². The van der Waals surface area contributed by atoms with Gasteiger partial charge in [-0.2, -0.15) is 18.7 Å². The molecule has 2 aromatic carbocycles. The van der Waals surface area contributed by atoms with Gasteiger partial charge in [0.05, 0.1) is 11.4 Å². The number of hydrogen-bond donors (Lipinski definition) is 1. The van der Waals surface area contributed by atoms with Crippen molar-refractivity contribution in [1.82, 2.24) is 15.0 Å². The highest BCUT2D eigenvalue weighted by Crippen LogP contribution is 2.19. The van der Waals surface area contributed by atoms with Crippen molar-refractivity contribution in [2.45, 2.75) is 27.4 Å². The van der Waals surface area contributed by atoms with Gasteiger partial charge in [-0.3, -0.25) is 4.79 Å². The molecule has 0 saturated carbocycles. The number of ether oxygens (including phenoxy) is 1. The standard InChI is InChI=1S/C19H18F2N4O2/c1-11-4-9-16(12(2)10-11)25-23-13(3)17(24-25)18(26)22-14-5-7-15(8-6-14)27-19(20)21/h4-10,19H,1-3H3,(H,22,26). The maximum Gasteiger partial charge on any atom is 0.387 e. The number of aryl methyl sites for hydroxylation is 3. The molecule has 8 heteroatoms. The second kappa shape index (κ2) is 7.53. The van der Waals surface area contributed by atoms with Gasteiger partial charge in [0.15, 0.2) is 5.69 Å². The number of nitrogens with zero attached hydrogens (tertiary/aromatic N) is 3. The minimum absolute atomic E-state index is 0.0139. The van der Waals surface area contributed by atoms with Crippen LogP contribution in [-0.2, 0) is 0 Å². The quantitative estimate of drug-likeness (QED) is 0.734. The molecule has 3 rings (SSSR count). The fourth-order valence-corrected chi connectivity index (χ4v) is 2.64. The Balaban J connectivity index is 1.78. The highest BCUT2D eigenvalue weighted by Gasteiger charge is 2.17. The lowest BCUT2D eigenvalue weighted by Gasteiger charge is -2.07. The zero-order valence-corrected chi connectivity index (χ0v) is 15.0. The van der Waals surface area contributed by atoms with E-state index in [9.17, 15) is 13.6 Å². The van der Waals surface area contributed by atoms with Crippen LogP contribution in [0.5, 0.6) is 5.75 Å². The fraction of sp³-hybridized carbons (Fsp3) is 0.211. The Labute approximate surface area is 154 Å². The summed E-state index contributed by atoms with van der Waals surface area (Å²) in [6, 6.07) is 11.5. The van der Waals surface area contributed by atoms with Crippen molar-refractivity contribution >= 4 is 11.6 Å². The Kier molecular flexibility index (Phi) is 5.16. The SMILES string of the molecule is Cc1ccc(-n2nc(C)c(C(=O)Nc3ccc(OC(F)F)cc3)n2)c(C)c1. The van der Waals surface area contributed by atoms with Gasteiger partial charge in [-0.1, -0.05) is 17.7 Å². The number of hydrogen-bond acceptors (Lipinski definition) is 4. The van der Waals surface area contributed by atoms with Crippen LogP contribution in [0.1, 0.15) is 27.3 Å². The van der Waals surface area contributed by atoms with Crippen LogP contribution >= 0.6 is 0 Å². The van der Waals surface area contributed by atoms with Crippen molar-refractivity contribution < 1.29 is 18.3 Å². The Hall–Kier alpha value is -3.29. The van der Waals surface area contributed by atoms with Gasteiger partial charge >= 0.3 is 6.61 Å². The van der Waals surface area contributed by atoms with E-state index in [-0.39, 0.29) is 11.4 Å². The van der Waals surface area contributed by atoms with Crippen molar-refractivity contribution in [1.29, 1.82) is 0 Å². The smallest absolute Gasteiger partial charge is 0.387 e. The normalized spacial score (nSPS) is 10.9. The molecule has 1 aromatic heterocycles. The molecule has 0 spiro atoms. The third kappa shape index (κ3) is 4.28. The Morgan fingerprint density at radius 2 is 1.78 bits per heavy atom. The number of carbonyl (C=O) groups is 1. The topological polar surface area (TPSA) is 69.0 Å². The first-order valence-corrected chi connectivity index (χ1v) is 8.21. The van der Waals surface area contributed by atoms with E-state index >= 15 is 0 Å². The molecule has 0 atom stereocenters. The fourth-order valence-electron chi connectivity index (χ4n) is 2.64. The highest BCUT2D eigenvalue weighted by atomic mass is 19.3. The lowest BCUT2D eigenvalue weighted by atomic mass is 10.1. The molecule has 0 fully saturated rings. The Morgan fingerprint density at radius 1 is 1.07 bits per heavy atom. The number of aromatic nitrogens is 3. The number of benzene rings is 2. The molecule has 0 aliphatic heterocycles.